The lowest BCUT2D eigenvalue weighted by Crippen LogP contribution is -2.01. The SMILES string of the molecule is COc1cc(OC)c(NCc2sccc2Br)cc1Cl. The van der Waals surface area contributed by atoms with E-state index in [-0.39, 0.29) is 0 Å². The van der Waals surface area contributed by atoms with Crippen LogP contribution in [0.1, 0.15) is 4.88 Å². The monoisotopic (exact) mass is 361 g/mol. The van der Waals surface area contributed by atoms with Crippen molar-refractivity contribution in [1.29, 1.82) is 0 Å². The molecule has 6 heteroatoms. The fraction of sp³-hybridized carbons (Fsp3) is 0.231. The second kappa shape index (κ2) is 6.50. The normalized spacial score (nSPS) is 10.3. The summed E-state index contributed by atoms with van der Waals surface area (Å²) in [6.45, 7) is 0.706. The molecule has 19 heavy (non-hydrogen) atoms. The maximum atomic E-state index is 6.12. The molecule has 0 unspecified atom stereocenters. The van der Waals surface area contributed by atoms with Crippen LogP contribution in [0.15, 0.2) is 28.1 Å². The molecule has 0 atom stereocenters. The Morgan fingerprint density at radius 3 is 2.58 bits per heavy atom. The van der Waals surface area contributed by atoms with Crippen molar-refractivity contribution in [3.05, 3.63) is 38.0 Å². The van der Waals surface area contributed by atoms with Gasteiger partial charge in [-0.1, -0.05) is 11.6 Å². The van der Waals surface area contributed by atoms with Crippen molar-refractivity contribution in [1.82, 2.24) is 0 Å². The minimum Gasteiger partial charge on any atom is -0.495 e. The molecule has 0 radical (unpaired) electrons. The van der Waals surface area contributed by atoms with Crippen molar-refractivity contribution < 1.29 is 9.47 Å². The number of hydrogen-bond acceptors (Lipinski definition) is 4. The van der Waals surface area contributed by atoms with Crippen LogP contribution in [0.25, 0.3) is 0 Å². The van der Waals surface area contributed by atoms with E-state index in [1.54, 1.807) is 37.7 Å². The first-order chi connectivity index (χ1) is 9.15. The number of hydrogen-bond donors (Lipinski definition) is 1. The maximum absolute atomic E-state index is 6.12. The second-order valence-corrected chi connectivity index (χ2v) is 5.99. The molecule has 1 N–H and O–H groups in total. The minimum atomic E-state index is 0.552. The number of rotatable bonds is 5. The van der Waals surface area contributed by atoms with Gasteiger partial charge in [0.1, 0.15) is 11.5 Å². The van der Waals surface area contributed by atoms with E-state index < -0.39 is 0 Å². The highest BCUT2D eigenvalue weighted by atomic mass is 79.9. The van der Waals surface area contributed by atoms with Gasteiger partial charge in [-0.25, -0.2) is 0 Å². The molecular formula is C13H13BrClNO2S. The van der Waals surface area contributed by atoms with Crippen molar-refractivity contribution >= 4 is 44.6 Å². The van der Waals surface area contributed by atoms with Crippen LogP contribution in [0.5, 0.6) is 11.5 Å². The third-order valence-corrected chi connectivity index (χ3v) is 4.83. The smallest absolute Gasteiger partial charge is 0.145 e. The molecule has 0 amide bonds. The molecule has 0 aliphatic rings. The number of nitrogens with one attached hydrogen (secondary N) is 1. The van der Waals surface area contributed by atoms with Gasteiger partial charge >= 0.3 is 0 Å². The van der Waals surface area contributed by atoms with E-state index in [0.29, 0.717) is 23.1 Å². The van der Waals surface area contributed by atoms with E-state index >= 15 is 0 Å². The third-order valence-electron chi connectivity index (χ3n) is 2.60. The Labute approximate surface area is 129 Å². The Kier molecular flexibility index (Phi) is 4.96. The number of methoxy groups -OCH3 is 2. The highest BCUT2D eigenvalue weighted by Gasteiger charge is 2.10. The van der Waals surface area contributed by atoms with Gasteiger partial charge in [0.2, 0.25) is 0 Å². The highest BCUT2D eigenvalue weighted by molar-refractivity contribution is 9.10. The summed E-state index contributed by atoms with van der Waals surface area (Å²) in [5.74, 6) is 1.30. The summed E-state index contributed by atoms with van der Waals surface area (Å²) in [6, 6.07) is 5.61. The number of halogens is 2. The molecule has 0 saturated heterocycles. The van der Waals surface area contributed by atoms with Crippen molar-refractivity contribution in [3.8, 4) is 11.5 Å². The average Bonchev–Trinajstić information content (AvgIpc) is 2.82. The first-order valence-corrected chi connectivity index (χ1v) is 7.58. The predicted molar refractivity (Wildman–Crippen MR) is 83.9 cm³/mol. The molecule has 0 bridgehead atoms. The van der Waals surface area contributed by atoms with E-state index in [2.05, 4.69) is 21.2 Å². The summed E-state index contributed by atoms with van der Waals surface area (Å²) in [5, 5.41) is 5.91. The molecular weight excluding hydrogens is 350 g/mol. The zero-order valence-electron chi connectivity index (χ0n) is 10.5. The van der Waals surface area contributed by atoms with Crippen LogP contribution in [0.4, 0.5) is 5.69 Å². The lowest BCUT2D eigenvalue weighted by molar-refractivity contribution is 0.395. The Hall–Kier alpha value is -0.910. The van der Waals surface area contributed by atoms with Gasteiger partial charge in [0.05, 0.1) is 31.5 Å². The van der Waals surface area contributed by atoms with Crippen LogP contribution in [-0.4, -0.2) is 14.2 Å². The highest BCUT2D eigenvalue weighted by Crippen LogP contribution is 2.36. The van der Waals surface area contributed by atoms with Gasteiger partial charge in [0.15, 0.2) is 0 Å². The Balaban J connectivity index is 2.20. The van der Waals surface area contributed by atoms with Crippen LogP contribution in [0.3, 0.4) is 0 Å². The van der Waals surface area contributed by atoms with Crippen molar-refractivity contribution in [2.24, 2.45) is 0 Å². The maximum Gasteiger partial charge on any atom is 0.145 e. The van der Waals surface area contributed by atoms with Gasteiger partial charge in [0, 0.05) is 15.4 Å². The molecule has 0 saturated carbocycles. The fourth-order valence-electron chi connectivity index (χ4n) is 1.62. The summed E-state index contributed by atoms with van der Waals surface area (Å²) in [7, 11) is 3.20. The van der Waals surface area contributed by atoms with Gasteiger partial charge in [-0.05, 0) is 33.4 Å². The zero-order valence-corrected chi connectivity index (χ0v) is 13.7. The van der Waals surface area contributed by atoms with Crippen molar-refractivity contribution in [3.63, 3.8) is 0 Å². The largest absolute Gasteiger partial charge is 0.495 e. The number of benzene rings is 1. The molecule has 1 aromatic carbocycles. The molecule has 2 rings (SSSR count). The first-order valence-electron chi connectivity index (χ1n) is 5.53. The van der Waals surface area contributed by atoms with Crippen molar-refractivity contribution in [2.45, 2.75) is 6.54 Å². The molecule has 1 heterocycles. The van der Waals surface area contributed by atoms with E-state index in [0.717, 1.165) is 10.2 Å². The van der Waals surface area contributed by atoms with E-state index in [4.69, 9.17) is 21.1 Å². The molecule has 0 spiro atoms. The molecule has 102 valence electrons. The summed E-state index contributed by atoms with van der Waals surface area (Å²) >= 11 is 11.3. The van der Waals surface area contributed by atoms with E-state index in [1.807, 2.05) is 11.4 Å². The second-order valence-electron chi connectivity index (χ2n) is 3.73. The zero-order chi connectivity index (χ0) is 13.8. The lowest BCUT2D eigenvalue weighted by Gasteiger charge is -2.13. The molecule has 0 aliphatic carbocycles. The van der Waals surface area contributed by atoms with Gasteiger partial charge < -0.3 is 14.8 Å². The molecule has 3 nitrogen and oxygen atoms in total. The van der Waals surface area contributed by atoms with Crippen molar-refractivity contribution in [2.75, 3.05) is 19.5 Å². The Morgan fingerprint density at radius 2 is 2.00 bits per heavy atom. The lowest BCUT2D eigenvalue weighted by atomic mass is 10.2. The topological polar surface area (TPSA) is 30.5 Å². The summed E-state index contributed by atoms with van der Waals surface area (Å²) in [4.78, 5) is 1.22. The summed E-state index contributed by atoms with van der Waals surface area (Å²) < 4.78 is 11.6. The third kappa shape index (κ3) is 3.35. The van der Waals surface area contributed by atoms with E-state index in [1.165, 1.54) is 4.88 Å². The molecule has 1 aromatic heterocycles. The Bertz CT molecular complexity index is 574. The fourth-order valence-corrected chi connectivity index (χ4v) is 3.30. The van der Waals surface area contributed by atoms with Crippen LogP contribution in [0, 0.1) is 0 Å². The summed E-state index contributed by atoms with van der Waals surface area (Å²) in [5.41, 5.74) is 0.841. The number of ether oxygens (including phenoxy) is 2. The van der Waals surface area contributed by atoms with Gasteiger partial charge in [-0.15, -0.1) is 11.3 Å². The van der Waals surface area contributed by atoms with Crippen LogP contribution >= 0.6 is 38.9 Å². The molecule has 2 aromatic rings. The number of thiophene rings is 1. The molecule has 0 fully saturated rings. The quantitative estimate of drug-likeness (QED) is 0.829. The van der Waals surface area contributed by atoms with E-state index in [9.17, 15) is 0 Å². The average molecular weight is 363 g/mol. The Morgan fingerprint density at radius 1 is 1.26 bits per heavy atom. The summed E-state index contributed by atoms with van der Waals surface area (Å²) in [6.07, 6.45) is 0. The van der Waals surface area contributed by atoms with Gasteiger partial charge in [-0.2, -0.15) is 0 Å². The van der Waals surface area contributed by atoms with Crippen LogP contribution < -0.4 is 14.8 Å². The molecule has 0 aliphatic heterocycles. The standard InChI is InChI=1S/C13H13BrClNO2S/c1-17-11-6-12(18-2)10(5-9(11)15)16-7-13-8(14)3-4-19-13/h3-6,16H,7H2,1-2H3. The van der Waals surface area contributed by atoms with Crippen LogP contribution in [-0.2, 0) is 6.54 Å². The minimum absolute atomic E-state index is 0.552. The number of anilines is 1. The van der Waals surface area contributed by atoms with Gasteiger partial charge in [0.25, 0.3) is 0 Å². The first kappa shape index (κ1) is 14.5. The predicted octanol–water partition coefficient (Wildman–Crippen LogP) is 4.79. The van der Waals surface area contributed by atoms with Crippen LogP contribution in [0.2, 0.25) is 5.02 Å². The van der Waals surface area contributed by atoms with Gasteiger partial charge in [-0.3, -0.25) is 0 Å².